The summed E-state index contributed by atoms with van der Waals surface area (Å²) in [6, 6.07) is 15.9. The minimum atomic E-state index is -0.661. The van der Waals surface area contributed by atoms with E-state index in [-0.39, 0.29) is 16.2 Å². The number of rotatable bonds is 4. The molecule has 0 radical (unpaired) electrons. The molecule has 1 fully saturated rings. The molecule has 0 unspecified atom stereocenters. The van der Waals surface area contributed by atoms with Crippen LogP contribution < -0.4 is 20.5 Å². The number of hydrogen-bond donors (Lipinski definition) is 2. The summed E-state index contributed by atoms with van der Waals surface area (Å²) in [5.41, 5.74) is 1.39. The van der Waals surface area contributed by atoms with Crippen LogP contribution in [0.25, 0.3) is 11.8 Å². The molecule has 8 nitrogen and oxygen atoms in total. The van der Waals surface area contributed by atoms with Gasteiger partial charge >= 0.3 is 0 Å². The lowest BCUT2D eigenvalue weighted by atomic mass is 10.1. The summed E-state index contributed by atoms with van der Waals surface area (Å²) in [6.45, 7) is 1.73. The molecule has 31 heavy (non-hydrogen) atoms. The van der Waals surface area contributed by atoms with Crippen molar-refractivity contribution < 1.29 is 14.3 Å². The number of ether oxygens (including phenoxy) is 1. The van der Waals surface area contributed by atoms with Gasteiger partial charge in [-0.15, -0.1) is 0 Å². The number of nitrogens with one attached hydrogen (secondary N) is 2. The highest BCUT2D eigenvalue weighted by Crippen LogP contribution is 2.24. The van der Waals surface area contributed by atoms with Crippen molar-refractivity contribution in [2.24, 2.45) is 0 Å². The summed E-state index contributed by atoms with van der Waals surface area (Å²) in [7, 11) is 1.54. The number of benzene rings is 2. The molecule has 1 aromatic heterocycles. The number of anilines is 1. The Morgan fingerprint density at radius 1 is 0.968 bits per heavy atom. The van der Waals surface area contributed by atoms with E-state index in [1.165, 1.54) is 18.1 Å². The van der Waals surface area contributed by atoms with E-state index in [0.29, 0.717) is 17.1 Å². The van der Waals surface area contributed by atoms with Crippen molar-refractivity contribution in [1.82, 2.24) is 15.1 Å². The molecule has 9 heteroatoms. The molecule has 1 saturated heterocycles. The zero-order chi connectivity index (χ0) is 22.1. The summed E-state index contributed by atoms with van der Waals surface area (Å²) in [6.07, 6.45) is 1.30. The minimum absolute atomic E-state index is 0.0372. The van der Waals surface area contributed by atoms with Gasteiger partial charge in [0.15, 0.2) is 5.11 Å². The van der Waals surface area contributed by atoms with Crippen LogP contribution >= 0.6 is 12.2 Å². The standard InChI is InChI=1S/C22H18N4O4S/c1-13-17(20(28)24-26(13)15-6-4-3-5-7-15)12-18-19(27)23-22(31)25(21(18)29)14-8-10-16(30-2)11-9-14/h3-12H,1-2H3,(H,24,28)(H,23,27,31). The van der Waals surface area contributed by atoms with E-state index in [0.717, 1.165) is 5.69 Å². The van der Waals surface area contributed by atoms with Crippen LogP contribution in [-0.2, 0) is 9.59 Å². The molecular weight excluding hydrogens is 416 g/mol. The molecule has 2 N–H and O–H groups in total. The van der Waals surface area contributed by atoms with Crippen LogP contribution in [0.15, 0.2) is 65.0 Å². The first kappa shape index (κ1) is 20.3. The van der Waals surface area contributed by atoms with E-state index in [1.54, 1.807) is 35.9 Å². The molecule has 3 aromatic rings. The number of amides is 2. The molecule has 2 amide bonds. The predicted molar refractivity (Wildman–Crippen MR) is 120 cm³/mol. The van der Waals surface area contributed by atoms with Gasteiger partial charge < -0.3 is 4.74 Å². The number of para-hydroxylation sites is 1. The topological polar surface area (TPSA) is 96.4 Å². The maximum atomic E-state index is 13.2. The first-order valence-corrected chi connectivity index (χ1v) is 9.74. The highest BCUT2D eigenvalue weighted by molar-refractivity contribution is 7.80. The number of hydrogen-bond acceptors (Lipinski definition) is 5. The maximum Gasteiger partial charge on any atom is 0.271 e. The van der Waals surface area contributed by atoms with Crippen molar-refractivity contribution in [3.05, 3.63) is 81.8 Å². The fourth-order valence-electron chi connectivity index (χ4n) is 3.30. The molecule has 1 aliphatic heterocycles. The number of nitrogens with zero attached hydrogens (tertiary/aromatic N) is 2. The Morgan fingerprint density at radius 2 is 1.65 bits per heavy atom. The monoisotopic (exact) mass is 434 g/mol. The molecule has 0 atom stereocenters. The number of carbonyl (C=O) groups is 2. The molecular formula is C22H18N4O4S. The summed E-state index contributed by atoms with van der Waals surface area (Å²) < 4.78 is 6.74. The van der Waals surface area contributed by atoms with Gasteiger partial charge in [0, 0.05) is 0 Å². The Bertz CT molecular complexity index is 1270. The van der Waals surface area contributed by atoms with Crippen molar-refractivity contribution in [2.75, 3.05) is 12.0 Å². The lowest BCUT2D eigenvalue weighted by molar-refractivity contribution is -0.122. The highest BCUT2D eigenvalue weighted by Gasteiger charge is 2.35. The van der Waals surface area contributed by atoms with Crippen LogP contribution in [0.5, 0.6) is 5.75 Å². The van der Waals surface area contributed by atoms with Gasteiger partial charge in [-0.05, 0) is 61.6 Å². The molecule has 2 heterocycles. The van der Waals surface area contributed by atoms with Gasteiger partial charge in [0.25, 0.3) is 17.4 Å². The second-order valence-corrected chi connectivity index (χ2v) is 7.15. The van der Waals surface area contributed by atoms with E-state index in [9.17, 15) is 14.4 Å². The molecule has 0 bridgehead atoms. The highest BCUT2D eigenvalue weighted by atomic mass is 32.1. The van der Waals surface area contributed by atoms with E-state index in [4.69, 9.17) is 17.0 Å². The zero-order valence-corrected chi connectivity index (χ0v) is 17.5. The molecule has 0 aliphatic carbocycles. The number of aromatic nitrogens is 2. The van der Waals surface area contributed by atoms with Crippen molar-refractivity contribution in [3.63, 3.8) is 0 Å². The second-order valence-electron chi connectivity index (χ2n) is 6.77. The van der Waals surface area contributed by atoms with Crippen molar-refractivity contribution in [2.45, 2.75) is 6.92 Å². The summed E-state index contributed by atoms with van der Waals surface area (Å²) in [4.78, 5) is 39.5. The Morgan fingerprint density at radius 3 is 2.29 bits per heavy atom. The fourth-order valence-corrected chi connectivity index (χ4v) is 3.58. The van der Waals surface area contributed by atoms with Crippen molar-refractivity contribution in [1.29, 1.82) is 0 Å². The average Bonchev–Trinajstić information content (AvgIpc) is 3.05. The third-order valence-electron chi connectivity index (χ3n) is 4.92. The van der Waals surface area contributed by atoms with E-state index >= 15 is 0 Å². The van der Waals surface area contributed by atoms with Gasteiger partial charge in [0.2, 0.25) is 0 Å². The minimum Gasteiger partial charge on any atom is -0.497 e. The second kappa shape index (κ2) is 8.04. The van der Waals surface area contributed by atoms with Gasteiger partial charge in [0.05, 0.1) is 29.7 Å². The maximum absolute atomic E-state index is 13.2. The number of thiocarbonyl (C=S) groups is 1. The number of H-pyrrole nitrogens is 1. The summed E-state index contributed by atoms with van der Waals surface area (Å²) in [5, 5.41) is 5.21. The average molecular weight is 434 g/mol. The van der Waals surface area contributed by atoms with Gasteiger partial charge in [-0.25, -0.2) is 0 Å². The number of carbonyl (C=O) groups excluding carboxylic acids is 2. The van der Waals surface area contributed by atoms with E-state index in [2.05, 4.69) is 10.4 Å². The van der Waals surface area contributed by atoms with Crippen LogP contribution in [0.4, 0.5) is 5.69 Å². The Balaban J connectivity index is 1.76. The lowest BCUT2D eigenvalue weighted by Crippen LogP contribution is -2.54. The third-order valence-corrected chi connectivity index (χ3v) is 5.20. The van der Waals surface area contributed by atoms with Crippen LogP contribution in [-0.4, -0.2) is 33.8 Å². The fraction of sp³-hybridized carbons (Fsp3) is 0.0909. The lowest BCUT2D eigenvalue weighted by Gasteiger charge is -2.28. The first-order chi connectivity index (χ1) is 14.9. The first-order valence-electron chi connectivity index (χ1n) is 9.33. The number of methoxy groups -OCH3 is 1. The van der Waals surface area contributed by atoms with Gasteiger partial charge in [-0.2, -0.15) is 0 Å². The zero-order valence-electron chi connectivity index (χ0n) is 16.7. The quantitative estimate of drug-likeness (QED) is 0.373. The van der Waals surface area contributed by atoms with Gasteiger partial charge in [0.1, 0.15) is 11.3 Å². The van der Waals surface area contributed by atoms with Gasteiger partial charge in [-0.3, -0.25) is 34.4 Å². The molecule has 0 spiro atoms. The Kier molecular flexibility index (Phi) is 5.26. The van der Waals surface area contributed by atoms with E-state index in [1.807, 2.05) is 30.3 Å². The molecule has 0 saturated carbocycles. The normalized spacial score (nSPS) is 15.4. The van der Waals surface area contributed by atoms with Crippen molar-refractivity contribution >= 4 is 40.9 Å². The van der Waals surface area contributed by atoms with Crippen molar-refractivity contribution in [3.8, 4) is 11.4 Å². The largest absolute Gasteiger partial charge is 0.497 e. The smallest absolute Gasteiger partial charge is 0.271 e. The van der Waals surface area contributed by atoms with Crippen LogP contribution in [0.2, 0.25) is 0 Å². The van der Waals surface area contributed by atoms with Crippen LogP contribution in [0.3, 0.4) is 0 Å². The Labute approximate surface area is 182 Å². The van der Waals surface area contributed by atoms with Crippen LogP contribution in [0, 0.1) is 6.92 Å². The SMILES string of the molecule is COc1ccc(N2C(=O)C(=Cc3c(C)n(-c4ccccc4)[nH]c3=O)C(=O)NC2=S)cc1. The third kappa shape index (κ3) is 3.66. The van der Waals surface area contributed by atoms with Gasteiger partial charge in [-0.1, -0.05) is 18.2 Å². The molecule has 156 valence electrons. The molecule has 4 rings (SSSR count). The number of aromatic amines is 1. The molecule has 2 aromatic carbocycles. The predicted octanol–water partition coefficient (Wildman–Crippen LogP) is 2.31. The summed E-state index contributed by atoms with van der Waals surface area (Å²) >= 11 is 5.20. The van der Waals surface area contributed by atoms with E-state index < -0.39 is 17.4 Å². The Hall–Kier alpha value is -3.98. The van der Waals surface area contributed by atoms with Crippen LogP contribution in [0.1, 0.15) is 11.3 Å². The summed E-state index contributed by atoms with van der Waals surface area (Å²) in [5.74, 6) is -0.667. The molecule has 1 aliphatic rings.